The number of nitriles is 1. The van der Waals surface area contributed by atoms with Gasteiger partial charge in [-0.1, -0.05) is 32.9 Å². The van der Waals surface area contributed by atoms with Gasteiger partial charge in [0.05, 0.1) is 12.0 Å². The Morgan fingerprint density at radius 2 is 2.02 bits per heavy atom. The molecular formula is C29H42N6O5S. The first kappa shape index (κ1) is 33.7. The number of hydrogen-bond acceptors (Lipinski definition) is 9. The molecule has 224 valence electrons. The molecule has 0 unspecified atom stereocenters. The number of hydrogen-bond donors (Lipinski definition) is 4. The van der Waals surface area contributed by atoms with Crippen LogP contribution in [0, 0.1) is 16.7 Å². The molecule has 0 fully saturated rings. The second kappa shape index (κ2) is 17.3. The third-order valence-corrected chi connectivity index (χ3v) is 7.10. The quantitative estimate of drug-likeness (QED) is 0.0710. The van der Waals surface area contributed by atoms with Gasteiger partial charge in [0.15, 0.2) is 0 Å². The van der Waals surface area contributed by atoms with Crippen LogP contribution in [0.15, 0.2) is 47.1 Å². The summed E-state index contributed by atoms with van der Waals surface area (Å²) in [6.07, 6.45) is 6.33. The zero-order valence-electron chi connectivity index (χ0n) is 24.4. The van der Waals surface area contributed by atoms with Crippen molar-refractivity contribution in [2.24, 2.45) is 5.41 Å². The van der Waals surface area contributed by atoms with E-state index >= 15 is 0 Å². The highest BCUT2D eigenvalue weighted by molar-refractivity contribution is 7.98. The maximum atomic E-state index is 12.9. The van der Waals surface area contributed by atoms with Crippen LogP contribution >= 0.6 is 12.0 Å². The van der Waals surface area contributed by atoms with Crippen molar-refractivity contribution >= 4 is 35.5 Å². The van der Waals surface area contributed by atoms with Gasteiger partial charge in [0.25, 0.3) is 11.8 Å². The van der Waals surface area contributed by atoms with Gasteiger partial charge < -0.3 is 30.9 Å². The molecule has 2 rings (SSSR count). The predicted octanol–water partition coefficient (Wildman–Crippen LogP) is 3.19. The molecule has 0 atom stereocenters. The molecular weight excluding hydrogens is 544 g/mol. The van der Waals surface area contributed by atoms with Gasteiger partial charge in [-0.25, -0.2) is 0 Å². The van der Waals surface area contributed by atoms with E-state index in [-0.39, 0.29) is 55.3 Å². The van der Waals surface area contributed by atoms with E-state index in [0.717, 1.165) is 38.0 Å². The molecule has 12 heteroatoms. The number of aliphatic hydroxyl groups excluding tert-OH is 1. The third kappa shape index (κ3) is 11.1. The fourth-order valence-electron chi connectivity index (χ4n) is 3.78. The molecule has 1 aliphatic rings. The van der Waals surface area contributed by atoms with Gasteiger partial charge in [-0.15, -0.1) is 0 Å². The number of nitrogens with one attached hydrogen (secondary N) is 3. The lowest BCUT2D eigenvalue weighted by atomic mass is 9.95. The summed E-state index contributed by atoms with van der Waals surface area (Å²) in [5, 5.41) is 28.0. The topological polar surface area (TPSA) is 147 Å². The molecule has 1 aromatic rings. The van der Waals surface area contributed by atoms with Crippen LogP contribution in [-0.2, 0) is 13.8 Å². The minimum absolute atomic E-state index is 0.0294. The van der Waals surface area contributed by atoms with Crippen LogP contribution < -0.4 is 16.0 Å². The van der Waals surface area contributed by atoms with Gasteiger partial charge in [0, 0.05) is 62.4 Å². The Bertz CT molecular complexity index is 1150. The number of nitrogens with zero attached hydrogens (tertiary/aromatic N) is 3. The summed E-state index contributed by atoms with van der Waals surface area (Å²) >= 11 is 0.753. The minimum Gasteiger partial charge on any atom is -0.396 e. The molecule has 0 aromatic heterocycles. The highest BCUT2D eigenvalue weighted by Crippen LogP contribution is 2.27. The molecule has 0 aliphatic carbocycles. The largest absolute Gasteiger partial charge is 0.396 e. The van der Waals surface area contributed by atoms with Gasteiger partial charge in [0.2, 0.25) is 5.91 Å². The summed E-state index contributed by atoms with van der Waals surface area (Å²) < 4.78 is 5.68. The van der Waals surface area contributed by atoms with E-state index in [4.69, 9.17) is 4.18 Å². The van der Waals surface area contributed by atoms with Crippen LogP contribution in [0.4, 0.5) is 5.69 Å². The van der Waals surface area contributed by atoms with Crippen molar-refractivity contribution in [2.75, 3.05) is 51.4 Å². The number of rotatable bonds is 17. The van der Waals surface area contributed by atoms with Crippen molar-refractivity contribution in [1.82, 2.24) is 20.4 Å². The maximum Gasteiger partial charge on any atom is 0.264 e. The molecule has 1 aliphatic heterocycles. The van der Waals surface area contributed by atoms with Gasteiger partial charge in [-0.3, -0.25) is 18.6 Å². The van der Waals surface area contributed by atoms with E-state index in [9.17, 15) is 24.8 Å². The smallest absolute Gasteiger partial charge is 0.264 e. The molecule has 1 heterocycles. The standard InChI is InChI=1S/C29H42N6O5S/c1-5-25(37)35(6-2)28(24(18-30)27(39)32-19-29(3,4)20-36)41-40-21-33-23-12-9-11-22(17-23)26(38)31-13-10-16-34-14-7-8-15-34/h7,9,11-12,14,17,33,36H,5-6,8,10,13,15-16,19-21H2,1-4H3,(H,31,38)(H,32,39)/b28-24-. The summed E-state index contributed by atoms with van der Waals surface area (Å²) in [7, 11) is 0. The van der Waals surface area contributed by atoms with Gasteiger partial charge in [-0.05, 0) is 44.2 Å². The van der Waals surface area contributed by atoms with E-state index in [1.54, 1.807) is 52.0 Å². The third-order valence-electron chi connectivity index (χ3n) is 6.28. The summed E-state index contributed by atoms with van der Waals surface area (Å²) in [5.41, 5.74) is 0.313. The molecule has 11 nitrogen and oxygen atoms in total. The Morgan fingerprint density at radius 1 is 1.24 bits per heavy atom. The lowest BCUT2D eigenvalue weighted by Gasteiger charge is -2.25. The van der Waals surface area contributed by atoms with Crippen molar-refractivity contribution in [3.8, 4) is 6.07 Å². The highest BCUT2D eigenvalue weighted by Gasteiger charge is 2.26. The molecule has 0 spiro atoms. The first-order valence-electron chi connectivity index (χ1n) is 13.8. The van der Waals surface area contributed by atoms with Crippen LogP contribution in [-0.4, -0.2) is 78.7 Å². The Hall–Kier alpha value is -3.53. The fraction of sp³-hybridized carbons (Fsp3) is 0.517. The van der Waals surface area contributed by atoms with Gasteiger partial charge >= 0.3 is 0 Å². The number of amides is 3. The summed E-state index contributed by atoms with van der Waals surface area (Å²) in [6, 6.07) is 8.89. The average Bonchev–Trinajstić information content (AvgIpc) is 3.50. The normalized spacial score (nSPS) is 13.3. The second-order valence-corrected chi connectivity index (χ2v) is 11.0. The number of carbonyl (C=O) groups is 3. The van der Waals surface area contributed by atoms with E-state index in [1.165, 1.54) is 4.90 Å². The van der Waals surface area contributed by atoms with Crippen molar-refractivity contribution in [1.29, 1.82) is 5.26 Å². The number of anilines is 1. The van der Waals surface area contributed by atoms with Crippen molar-refractivity contribution < 1.29 is 23.7 Å². The molecule has 0 bridgehead atoms. The molecule has 0 saturated heterocycles. The Morgan fingerprint density at radius 3 is 2.66 bits per heavy atom. The first-order chi connectivity index (χ1) is 19.6. The van der Waals surface area contributed by atoms with Crippen LogP contribution in [0.5, 0.6) is 0 Å². The lowest BCUT2D eigenvalue weighted by molar-refractivity contribution is -0.128. The predicted molar refractivity (Wildman–Crippen MR) is 160 cm³/mol. The average molecular weight is 587 g/mol. The molecule has 3 amide bonds. The summed E-state index contributed by atoms with van der Waals surface area (Å²) in [5.74, 6) is -1.10. The summed E-state index contributed by atoms with van der Waals surface area (Å²) in [6.45, 7) is 9.69. The Balaban J connectivity index is 2.00. The van der Waals surface area contributed by atoms with Crippen molar-refractivity contribution in [3.63, 3.8) is 0 Å². The zero-order chi connectivity index (χ0) is 30.3. The lowest BCUT2D eigenvalue weighted by Crippen LogP contribution is -2.38. The second-order valence-electron chi connectivity index (χ2n) is 10.2. The molecule has 0 radical (unpaired) electrons. The number of aliphatic hydroxyl groups is 1. The molecule has 4 N–H and O–H groups in total. The van der Waals surface area contributed by atoms with Crippen LogP contribution in [0.1, 0.15) is 57.3 Å². The number of benzene rings is 1. The monoisotopic (exact) mass is 586 g/mol. The maximum absolute atomic E-state index is 12.9. The van der Waals surface area contributed by atoms with Gasteiger partial charge in [-0.2, -0.15) is 5.26 Å². The SMILES string of the molecule is CCC(=O)N(CC)/C(SOCNc1cccc(C(=O)NCCCN2C=CCC2)c1)=C(\C#N)C(=O)NCC(C)(C)CO. The van der Waals surface area contributed by atoms with Crippen molar-refractivity contribution in [2.45, 2.75) is 47.0 Å². The first-order valence-corrected chi connectivity index (χ1v) is 14.6. The van der Waals surface area contributed by atoms with Crippen molar-refractivity contribution in [3.05, 3.63) is 52.7 Å². The van der Waals surface area contributed by atoms with Crippen LogP contribution in [0.2, 0.25) is 0 Å². The highest BCUT2D eigenvalue weighted by atomic mass is 32.2. The van der Waals surface area contributed by atoms with Crippen LogP contribution in [0.25, 0.3) is 0 Å². The van der Waals surface area contributed by atoms with Gasteiger partial charge in [0.1, 0.15) is 23.4 Å². The zero-order valence-corrected chi connectivity index (χ0v) is 25.2. The Labute approximate surface area is 247 Å². The van der Waals surface area contributed by atoms with E-state index in [1.807, 2.05) is 6.07 Å². The Kier molecular flexibility index (Phi) is 14.2. The summed E-state index contributed by atoms with van der Waals surface area (Å²) in [4.78, 5) is 41.6. The van der Waals surface area contributed by atoms with E-state index in [2.05, 4.69) is 33.1 Å². The van der Waals surface area contributed by atoms with E-state index < -0.39 is 11.3 Å². The van der Waals surface area contributed by atoms with E-state index in [0.29, 0.717) is 17.8 Å². The van der Waals surface area contributed by atoms with Crippen LogP contribution in [0.3, 0.4) is 0 Å². The fourth-order valence-corrected chi connectivity index (χ4v) is 4.56. The number of carbonyl (C=O) groups excluding carboxylic acids is 3. The molecule has 41 heavy (non-hydrogen) atoms. The molecule has 1 aromatic carbocycles. The minimum atomic E-state index is -0.661. The molecule has 0 saturated carbocycles.